The van der Waals surface area contributed by atoms with E-state index in [1.54, 1.807) is 14.2 Å². The molecule has 2 heterocycles. The van der Waals surface area contributed by atoms with Crippen LogP contribution in [0.3, 0.4) is 0 Å². The number of hydrogen-bond donors (Lipinski definition) is 0. The van der Waals surface area contributed by atoms with Gasteiger partial charge in [0.25, 0.3) is 5.91 Å². The van der Waals surface area contributed by atoms with Crippen molar-refractivity contribution >= 4 is 16.8 Å². The van der Waals surface area contributed by atoms with Crippen molar-refractivity contribution in [2.75, 3.05) is 27.3 Å². The van der Waals surface area contributed by atoms with Crippen LogP contribution in [-0.4, -0.2) is 43.1 Å². The zero-order valence-corrected chi connectivity index (χ0v) is 16.5. The fourth-order valence-corrected chi connectivity index (χ4v) is 3.76. The Morgan fingerprint density at radius 1 is 1.00 bits per heavy atom. The number of carbonyl (C=O) groups is 1. The van der Waals surface area contributed by atoms with Gasteiger partial charge in [-0.2, -0.15) is 0 Å². The van der Waals surface area contributed by atoms with Crippen molar-refractivity contribution in [3.05, 3.63) is 53.6 Å². The lowest BCUT2D eigenvalue weighted by molar-refractivity contribution is 0.0794. The Morgan fingerprint density at radius 3 is 2.50 bits per heavy atom. The number of carbonyl (C=O) groups excluding carboxylic acids is 1. The molecule has 0 N–H and O–H groups in total. The monoisotopic (exact) mass is 376 g/mol. The van der Waals surface area contributed by atoms with Crippen molar-refractivity contribution in [2.24, 2.45) is 0 Å². The smallest absolute Gasteiger partial charge is 0.254 e. The second kappa shape index (κ2) is 7.50. The minimum Gasteiger partial charge on any atom is -0.497 e. The molecule has 0 aliphatic carbocycles. The van der Waals surface area contributed by atoms with Crippen molar-refractivity contribution < 1.29 is 14.3 Å². The third-order valence-corrected chi connectivity index (χ3v) is 5.27. The lowest BCUT2D eigenvalue weighted by Crippen LogP contribution is -2.27. The number of likely N-dealkylation sites (tertiary alicyclic amines) is 1. The molecule has 5 nitrogen and oxygen atoms in total. The van der Waals surface area contributed by atoms with Crippen molar-refractivity contribution in [3.8, 4) is 22.8 Å². The van der Waals surface area contributed by atoms with Crippen LogP contribution in [0, 0.1) is 6.92 Å². The predicted octanol–water partition coefficient (Wildman–Crippen LogP) is 4.46. The number of rotatable bonds is 4. The maximum absolute atomic E-state index is 13.3. The zero-order valence-electron chi connectivity index (χ0n) is 16.5. The van der Waals surface area contributed by atoms with Gasteiger partial charge in [-0.3, -0.25) is 4.79 Å². The summed E-state index contributed by atoms with van der Waals surface area (Å²) in [4.78, 5) is 20.0. The van der Waals surface area contributed by atoms with Crippen LogP contribution < -0.4 is 9.47 Å². The van der Waals surface area contributed by atoms with E-state index in [0.717, 1.165) is 53.7 Å². The quantitative estimate of drug-likeness (QED) is 0.674. The summed E-state index contributed by atoms with van der Waals surface area (Å²) in [5.74, 6) is 1.45. The van der Waals surface area contributed by atoms with Gasteiger partial charge in [0, 0.05) is 30.1 Å². The first-order chi connectivity index (χ1) is 13.6. The molecule has 2 aromatic carbocycles. The van der Waals surface area contributed by atoms with Crippen LogP contribution in [0.15, 0.2) is 42.5 Å². The topological polar surface area (TPSA) is 51.7 Å². The lowest BCUT2D eigenvalue weighted by atomic mass is 10.0. The Kier molecular flexibility index (Phi) is 4.90. The minimum atomic E-state index is 0.0734. The summed E-state index contributed by atoms with van der Waals surface area (Å²) in [6.07, 6.45) is 2.12. The summed E-state index contributed by atoms with van der Waals surface area (Å²) in [7, 11) is 3.25. The summed E-state index contributed by atoms with van der Waals surface area (Å²) in [5, 5.41) is 0.896. The SMILES string of the molecule is COc1ccc(-c2cc(C(=O)N3CCCC3)c3cc(C)ccc3n2)c(OC)c1. The second-order valence-electron chi connectivity index (χ2n) is 7.14. The third-order valence-electron chi connectivity index (χ3n) is 5.27. The van der Waals surface area contributed by atoms with Crippen molar-refractivity contribution in [1.82, 2.24) is 9.88 Å². The molecule has 1 aliphatic rings. The lowest BCUT2D eigenvalue weighted by Gasteiger charge is -2.18. The van der Waals surface area contributed by atoms with Crippen LogP contribution in [0.25, 0.3) is 22.2 Å². The van der Waals surface area contributed by atoms with E-state index >= 15 is 0 Å². The van der Waals surface area contributed by atoms with E-state index < -0.39 is 0 Å². The standard InChI is InChI=1S/C23H24N2O3/c1-15-6-9-20-18(12-15)19(23(26)25-10-4-5-11-25)14-21(24-20)17-8-7-16(27-2)13-22(17)28-3/h6-9,12-14H,4-5,10-11H2,1-3H3. The third kappa shape index (κ3) is 3.28. The highest BCUT2D eigenvalue weighted by atomic mass is 16.5. The highest BCUT2D eigenvalue weighted by Crippen LogP contribution is 2.35. The first kappa shape index (κ1) is 18.3. The van der Waals surface area contributed by atoms with Crippen LogP contribution in [0.4, 0.5) is 0 Å². The molecule has 4 rings (SSSR count). The Labute approximate surface area is 164 Å². The molecule has 1 amide bonds. The molecule has 0 saturated carbocycles. The van der Waals surface area contributed by atoms with E-state index in [4.69, 9.17) is 14.5 Å². The summed E-state index contributed by atoms with van der Waals surface area (Å²) in [5.41, 5.74) is 4.17. The molecule has 5 heteroatoms. The average molecular weight is 376 g/mol. The number of hydrogen-bond acceptors (Lipinski definition) is 4. The number of aromatic nitrogens is 1. The highest BCUT2D eigenvalue weighted by molar-refractivity contribution is 6.07. The maximum atomic E-state index is 13.3. The number of nitrogens with zero attached hydrogens (tertiary/aromatic N) is 2. The molecule has 0 unspecified atom stereocenters. The van der Waals surface area contributed by atoms with Gasteiger partial charge in [-0.1, -0.05) is 11.6 Å². The largest absolute Gasteiger partial charge is 0.497 e. The Bertz CT molecular complexity index is 1040. The number of pyridine rings is 1. The van der Waals surface area contributed by atoms with Gasteiger partial charge in [-0.15, -0.1) is 0 Å². The van der Waals surface area contributed by atoms with Crippen molar-refractivity contribution in [3.63, 3.8) is 0 Å². The normalized spacial score (nSPS) is 13.8. The van der Waals surface area contributed by atoms with Gasteiger partial charge in [-0.25, -0.2) is 4.98 Å². The van der Waals surface area contributed by atoms with Gasteiger partial charge in [0.15, 0.2) is 0 Å². The van der Waals surface area contributed by atoms with E-state index in [1.165, 1.54) is 0 Å². The van der Waals surface area contributed by atoms with E-state index in [1.807, 2.05) is 54.3 Å². The number of amides is 1. The second-order valence-corrected chi connectivity index (χ2v) is 7.14. The molecule has 1 aromatic heterocycles. The fourth-order valence-electron chi connectivity index (χ4n) is 3.76. The Hall–Kier alpha value is -3.08. The molecule has 0 spiro atoms. The van der Waals surface area contributed by atoms with Gasteiger partial charge < -0.3 is 14.4 Å². The van der Waals surface area contributed by atoms with E-state index in [-0.39, 0.29) is 5.91 Å². The first-order valence-electron chi connectivity index (χ1n) is 9.54. The minimum absolute atomic E-state index is 0.0734. The van der Waals surface area contributed by atoms with Crippen LogP contribution in [0.2, 0.25) is 0 Å². The molecule has 1 saturated heterocycles. The zero-order chi connectivity index (χ0) is 19.7. The molecule has 0 radical (unpaired) electrons. The molecule has 144 valence electrons. The summed E-state index contributed by atoms with van der Waals surface area (Å²) >= 11 is 0. The fraction of sp³-hybridized carbons (Fsp3) is 0.304. The van der Waals surface area contributed by atoms with E-state index in [2.05, 4.69) is 0 Å². The number of ether oxygens (including phenoxy) is 2. The van der Waals surface area contributed by atoms with Crippen molar-refractivity contribution in [1.29, 1.82) is 0 Å². The number of benzene rings is 2. The molecular formula is C23H24N2O3. The molecular weight excluding hydrogens is 352 g/mol. The Morgan fingerprint density at radius 2 is 1.79 bits per heavy atom. The number of aryl methyl sites for hydroxylation is 1. The van der Waals surface area contributed by atoms with Gasteiger partial charge in [0.2, 0.25) is 0 Å². The molecule has 3 aromatic rings. The maximum Gasteiger partial charge on any atom is 0.254 e. The van der Waals surface area contributed by atoms with Gasteiger partial charge in [-0.05, 0) is 50.1 Å². The van der Waals surface area contributed by atoms with Crippen molar-refractivity contribution in [2.45, 2.75) is 19.8 Å². The summed E-state index contributed by atoms with van der Waals surface area (Å²) in [6.45, 7) is 3.66. The summed E-state index contributed by atoms with van der Waals surface area (Å²) in [6, 6.07) is 13.6. The van der Waals surface area contributed by atoms with Gasteiger partial charge in [0.1, 0.15) is 11.5 Å². The molecule has 0 atom stereocenters. The van der Waals surface area contributed by atoms with Crippen LogP contribution in [-0.2, 0) is 0 Å². The van der Waals surface area contributed by atoms with E-state index in [0.29, 0.717) is 17.1 Å². The molecule has 1 aliphatic heterocycles. The van der Waals surface area contributed by atoms with Gasteiger partial charge in [0.05, 0.1) is 31.0 Å². The van der Waals surface area contributed by atoms with Crippen LogP contribution >= 0.6 is 0 Å². The number of methoxy groups -OCH3 is 2. The first-order valence-corrected chi connectivity index (χ1v) is 9.54. The molecule has 0 bridgehead atoms. The van der Waals surface area contributed by atoms with Crippen LogP contribution in [0.1, 0.15) is 28.8 Å². The molecule has 28 heavy (non-hydrogen) atoms. The van der Waals surface area contributed by atoms with Crippen LogP contribution in [0.5, 0.6) is 11.5 Å². The summed E-state index contributed by atoms with van der Waals surface area (Å²) < 4.78 is 10.9. The van der Waals surface area contributed by atoms with Gasteiger partial charge >= 0.3 is 0 Å². The highest BCUT2D eigenvalue weighted by Gasteiger charge is 2.23. The van der Waals surface area contributed by atoms with E-state index in [9.17, 15) is 4.79 Å². The predicted molar refractivity (Wildman–Crippen MR) is 110 cm³/mol. The number of fused-ring (bicyclic) bond motifs is 1. The molecule has 1 fully saturated rings. The Balaban J connectivity index is 1.91. The average Bonchev–Trinajstić information content (AvgIpc) is 3.27.